The van der Waals surface area contributed by atoms with Gasteiger partial charge in [-0.3, -0.25) is 4.79 Å². The zero-order valence-electron chi connectivity index (χ0n) is 15.1. The Morgan fingerprint density at radius 3 is 2.63 bits per heavy atom. The van der Waals surface area contributed by atoms with E-state index in [1.165, 1.54) is 32.4 Å². The average Bonchev–Trinajstić information content (AvgIpc) is 3.11. The standard InChI is InChI=1S/C18H20N4O4S/c1-11(17-21-13-6-4-5-7-14(13)22-17)20-18(23)12-8-9-15(26-3)16(10-12)27(24,25)19-2/h4-11,19H,1-3H3,(H,20,23)(H,21,22). The second kappa shape index (κ2) is 7.37. The fourth-order valence-electron chi connectivity index (χ4n) is 2.66. The Morgan fingerprint density at radius 2 is 1.96 bits per heavy atom. The minimum atomic E-state index is -3.77. The lowest BCUT2D eigenvalue weighted by Gasteiger charge is -2.14. The molecule has 27 heavy (non-hydrogen) atoms. The van der Waals surface area contributed by atoms with Crippen molar-refractivity contribution in [3.8, 4) is 5.75 Å². The Hall–Kier alpha value is -2.91. The summed E-state index contributed by atoms with van der Waals surface area (Å²) < 4.78 is 31.6. The van der Waals surface area contributed by atoms with Crippen LogP contribution in [0.2, 0.25) is 0 Å². The highest BCUT2D eigenvalue weighted by Crippen LogP contribution is 2.25. The van der Waals surface area contributed by atoms with Gasteiger partial charge in [0.1, 0.15) is 16.5 Å². The first-order chi connectivity index (χ1) is 12.9. The Bertz CT molecular complexity index is 1060. The van der Waals surface area contributed by atoms with Gasteiger partial charge in [0.25, 0.3) is 5.91 Å². The maximum absolute atomic E-state index is 12.6. The highest BCUT2D eigenvalue weighted by atomic mass is 32.2. The van der Waals surface area contributed by atoms with Crippen LogP contribution in [-0.2, 0) is 10.0 Å². The fourth-order valence-corrected chi connectivity index (χ4v) is 3.58. The number of ether oxygens (including phenoxy) is 1. The van der Waals surface area contributed by atoms with Gasteiger partial charge >= 0.3 is 0 Å². The molecule has 9 heteroatoms. The highest BCUT2D eigenvalue weighted by Gasteiger charge is 2.21. The summed E-state index contributed by atoms with van der Waals surface area (Å²) >= 11 is 0. The molecule has 1 aromatic heterocycles. The molecule has 0 radical (unpaired) electrons. The van der Waals surface area contributed by atoms with Gasteiger partial charge in [-0.15, -0.1) is 0 Å². The number of benzene rings is 2. The van der Waals surface area contributed by atoms with E-state index >= 15 is 0 Å². The van der Waals surface area contributed by atoms with Crippen molar-refractivity contribution in [3.63, 3.8) is 0 Å². The number of hydrogen-bond acceptors (Lipinski definition) is 5. The van der Waals surface area contributed by atoms with Gasteiger partial charge in [0.05, 0.1) is 24.2 Å². The van der Waals surface area contributed by atoms with Crippen LogP contribution in [0.25, 0.3) is 11.0 Å². The molecule has 0 aliphatic rings. The number of sulfonamides is 1. The zero-order valence-corrected chi connectivity index (χ0v) is 15.9. The van der Waals surface area contributed by atoms with Crippen molar-refractivity contribution >= 4 is 27.0 Å². The normalized spacial score (nSPS) is 12.7. The molecule has 0 fully saturated rings. The SMILES string of the molecule is CNS(=O)(=O)c1cc(C(=O)NC(C)c2nc3ccccc3[nH]2)ccc1OC. The number of carbonyl (C=O) groups is 1. The molecule has 0 saturated heterocycles. The molecule has 3 rings (SSSR count). The topological polar surface area (TPSA) is 113 Å². The lowest BCUT2D eigenvalue weighted by atomic mass is 10.2. The first-order valence-corrected chi connectivity index (χ1v) is 9.71. The van der Waals surface area contributed by atoms with E-state index in [0.717, 1.165) is 11.0 Å². The number of H-pyrrole nitrogens is 1. The monoisotopic (exact) mass is 388 g/mol. The Morgan fingerprint density at radius 1 is 1.22 bits per heavy atom. The second-order valence-corrected chi connectivity index (χ2v) is 7.76. The molecule has 0 spiro atoms. The van der Waals surface area contributed by atoms with Gasteiger partial charge in [0.15, 0.2) is 0 Å². The highest BCUT2D eigenvalue weighted by molar-refractivity contribution is 7.89. The van der Waals surface area contributed by atoms with Gasteiger partial charge in [-0.25, -0.2) is 18.1 Å². The molecule has 2 aromatic carbocycles. The summed E-state index contributed by atoms with van der Waals surface area (Å²) in [4.78, 5) is 20.1. The Kier molecular flexibility index (Phi) is 5.15. The summed E-state index contributed by atoms with van der Waals surface area (Å²) in [6.45, 7) is 1.80. The quantitative estimate of drug-likeness (QED) is 0.597. The lowest BCUT2D eigenvalue weighted by molar-refractivity contribution is 0.0938. The number of rotatable bonds is 6. The number of nitrogens with one attached hydrogen (secondary N) is 3. The van der Waals surface area contributed by atoms with Gasteiger partial charge in [0.2, 0.25) is 10.0 Å². The smallest absolute Gasteiger partial charge is 0.251 e. The van der Waals surface area contributed by atoms with E-state index in [1.807, 2.05) is 24.3 Å². The van der Waals surface area contributed by atoms with Gasteiger partial charge in [-0.1, -0.05) is 12.1 Å². The van der Waals surface area contributed by atoms with Crippen molar-refractivity contribution in [1.82, 2.24) is 20.0 Å². The van der Waals surface area contributed by atoms with Crippen molar-refractivity contribution < 1.29 is 17.9 Å². The number of aromatic nitrogens is 2. The van der Waals surface area contributed by atoms with Crippen LogP contribution in [0.15, 0.2) is 47.4 Å². The molecule has 8 nitrogen and oxygen atoms in total. The minimum absolute atomic E-state index is 0.100. The molecule has 142 valence electrons. The largest absolute Gasteiger partial charge is 0.495 e. The maximum atomic E-state index is 12.6. The summed E-state index contributed by atoms with van der Waals surface area (Å²) in [6, 6.07) is 11.4. The van der Waals surface area contributed by atoms with Crippen molar-refractivity contribution in [2.75, 3.05) is 14.2 Å². The number of fused-ring (bicyclic) bond motifs is 1. The van der Waals surface area contributed by atoms with Crippen molar-refractivity contribution in [2.45, 2.75) is 17.9 Å². The molecule has 0 bridgehead atoms. The van der Waals surface area contributed by atoms with Gasteiger partial charge in [0, 0.05) is 5.56 Å². The first-order valence-electron chi connectivity index (χ1n) is 8.23. The fraction of sp³-hybridized carbons (Fsp3) is 0.222. The molecule has 0 aliphatic heterocycles. The Balaban J connectivity index is 1.86. The molecular formula is C18H20N4O4S. The van der Waals surface area contributed by atoms with E-state index in [4.69, 9.17) is 4.74 Å². The number of carbonyl (C=O) groups excluding carboxylic acids is 1. The zero-order chi connectivity index (χ0) is 19.6. The van der Waals surface area contributed by atoms with Gasteiger partial charge < -0.3 is 15.0 Å². The average molecular weight is 388 g/mol. The van der Waals surface area contributed by atoms with Crippen LogP contribution >= 0.6 is 0 Å². The third-order valence-corrected chi connectivity index (χ3v) is 5.59. The van der Waals surface area contributed by atoms with Crippen LogP contribution in [0.1, 0.15) is 29.1 Å². The number of amides is 1. The molecule has 1 amide bonds. The Labute approximate surface area is 157 Å². The van der Waals surface area contributed by atoms with Crippen LogP contribution in [-0.4, -0.2) is 38.5 Å². The van der Waals surface area contributed by atoms with E-state index < -0.39 is 22.0 Å². The van der Waals surface area contributed by atoms with Crippen LogP contribution in [0, 0.1) is 0 Å². The number of hydrogen-bond donors (Lipinski definition) is 3. The van der Waals surface area contributed by atoms with Crippen LogP contribution in [0.5, 0.6) is 5.75 Å². The minimum Gasteiger partial charge on any atom is -0.495 e. The first kappa shape index (κ1) is 18.9. The van der Waals surface area contributed by atoms with Crippen LogP contribution in [0.3, 0.4) is 0 Å². The second-order valence-electron chi connectivity index (χ2n) is 5.91. The summed E-state index contributed by atoms with van der Waals surface area (Å²) in [5.41, 5.74) is 1.88. The van der Waals surface area contributed by atoms with E-state index in [0.29, 0.717) is 5.82 Å². The summed E-state index contributed by atoms with van der Waals surface area (Å²) in [6.07, 6.45) is 0. The molecule has 3 aromatic rings. The number of imidazole rings is 1. The summed E-state index contributed by atoms with van der Waals surface area (Å²) in [7, 11) is -1.10. The molecule has 1 heterocycles. The van der Waals surface area contributed by atoms with Crippen molar-refractivity contribution in [2.24, 2.45) is 0 Å². The third-order valence-electron chi connectivity index (χ3n) is 4.15. The van der Waals surface area contributed by atoms with E-state index in [-0.39, 0.29) is 16.2 Å². The van der Waals surface area contributed by atoms with Gasteiger partial charge in [-0.05, 0) is 44.3 Å². The van der Waals surface area contributed by atoms with Crippen LogP contribution in [0.4, 0.5) is 0 Å². The van der Waals surface area contributed by atoms with E-state index in [1.54, 1.807) is 6.92 Å². The molecule has 0 saturated carbocycles. The summed E-state index contributed by atoms with van der Waals surface area (Å²) in [5.74, 6) is 0.352. The van der Waals surface area contributed by atoms with Crippen molar-refractivity contribution in [3.05, 3.63) is 53.9 Å². The predicted molar refractivity (Wildman–Crippen MR) is 101 cm³/mol. The maximum Gasteiger partial charge on any atom is 0.251 e. The number of aromatic amines is 1. The third kappa shape index (κ3) is 3.79. The summed E-state index contributed by atoms with van der Waals surface area (Å²) in [5, 5.41) is 2.82. The van der Waals surface area contributed by atoms with E-state index in [2.05, 4.69) is 20.0 Å². The molecular weight excluding hydrogens is 368 g/mol. The predicted octanol–water partition coefficient (Wildman–Crippen LogP) is 1.97. The molecule has 1 atom stereocenters. The molecule has 3 N–H and O–H groups in total. The van der Waals surface area contributed by atoms with Crippen molar-refractivity contribution in [1.29, 1.82) is 0 Å². The molecule has 0 aliphatic carbocycles. The lowest BCUT2D eigenvalue weighted by Crippen LogP contribution is -2.28. The number of nitrogens with zero attached hydrogens (tertiary/aromatic N) is 1. The van der Waals surface area contributed by atoms with Crippen LogP contribution < -0.4 is 14.8 Å². The van der Waals surface area contributed by atoms with Gasteiger partial charge in [-0.2, -0.15) is 0 Å². The molecule has 1 unspecified atom stereocenters. The number of para-hydroxylation sites is 2. The number of methoxy groups -OCH3 is 1. The van der Waals surface area contributed by atoms with E-state index in [9.17, 15) is 13.2 Å².